The molecule has 0 saturated heterocycles. The fourth-order valence-corrected chi connectivity index (χ4v) is 8.32. The van der Waals surface area contributed by atoms with Crippen LogP contribution in [-0.2, 0) is 9.59 Å². The van der Waals surface area contributed by atoms with Gasteiger partial charge in [-0.05, 0) is 134 Å². The summed E-state index contributed by atoms with van der Waals surface area (Å²) in [5, 5.41) is 3.23. The number of aromatic nitrogens is 3. The molecule has 10 nitrogen and oxygen atoms in total. The van der Waals surface area contributed by atoms with Gasteiger partial charge in [-0.25, -0.2) is 9.97 Å². The van der Waals surface area contributed by atoms with Gasteiger partial charge in [0.15, 0.2) is 5.89 Å². The Balaban J connectivity index is 1.00. The number of rotatable bonds is 12. The Morgan fingerprint density at radius 2 is 1.62 bits per heavy atom. The molecule has 0 aromatic carbocycles. The Bertz CT molecular complexity index is 1630. The molecular formula is C40H54N6O4. The maximum Gasteiger partial charge on any atom is 0.231 e. The third kappa shape index (κ3) is 7.90. The second-order valence-corrected chi connectivity index (χ2v) is 15.7. The van der Waals surface area contributed by atoms with Crippen LogP contribution in [0.2, 0.25) is 0 Å². The average Bonchev–Trinajstić information content (AvgIpc) is 3.84. The number of nitrogens with one attached hydrogen (secondary N) is 1. The molecule has 0 bridgehead atoms. The molecular weight excluding hydrogens is 628 g/mol. The third-order valence-electron chi connectivity index (χ3n) is 12.0. The number of pyridine rings is 2. The van der Waals surface area contributed by atoms with E-state index in [0.29, 0.717) is 48.6 Å². The number of oxazole rings is 1. The first-order valence-corrected chi connectivity index (χ1v) is 18.9. The van der Waals surface area contributed by atoms with Crippen LogP contribution in [0.5, 0.6) is 5.75 Å². The van der Waals surface area contributed by atoms with Gasteiger partial charge in [-0.3, -0.25) is 19.5 Å². The van der Waals surface area contributed by atoms with E-state index in [-0.39, 0.29) is 23.7 Å². The van der Waals surface area contributed by atoms with Crippen molar-refractivity contribution in [1.29, 1.82) is 0 Å². The van der Waals surface area contributed by atoms with Crippen molar-refractivity contribution < 1.29 is 18.7 Å². The summed E-state index contributed by atoms with van der Waals surface area (Å²) in [5.41, 5.74) is 3.80. The SMILES string of the molecule is COc1ccc(C2CCC(CN(C(=O)C3CCC(CNC(=O)C4CC(N(C)C)C4)CC3)c3cc(-c4coc(C5CC5)n4)ccn3)CC2)nc1C. The number of hydrogen-bond donors (Lipinski definition) is 1. The van der Waals surface area contributed by atoms with E-state index in [1.807, 2.05) is 30.0 Å². The van der Waals surface area contributed by atoms with E-state index >= 15 is 0 Å². The van der Waals surface area contributed by atoms with Gasteiger partial charge in [0.2, 0.25) is 11.8 Å². The summed E-state index contributed by atoms with van der Waals surface area (Å²) in [6.45, 7) is 3.38. The van der Waals surface area contributed by atoms with E-state index < -0.39 is 0 Å². The second-order valence-electron chi connectivity index (χ2n) is 15.7. The van der Waals surface area contributed by atoms with Gasteiger partial charge in [-0.2, -0.15) is 0 Å². The number of carbonyl (C=O) groups is 2. The maximum absolute atomic E-state index is 14.5. The lowest BCUT2D eigenvalue weighted by atomic mass is 9.78. The molecule has 3 heterocycles. The summed E-state index contributed by atoms with van der Waals surface area (Å²) in [6, 6.07) is 8.63. The molecule has 10 heteroatoms. The summed E-state index contributed by atoms with van der Waals surface area (Å²) in [7, 11) is 5.85. The van der Waals surface area contributed by atoms with Crippen molar-refractivity contribution in [2.24, 2.45) is 23.7 Å². The van der Waals surface area contributed by atoms with Gasteiger partial charge < -0.3 is 19.4 Å². The highest BCUT2D eigenvalue weighted by Crippen LogP contribution is 2.41. The van der Waals surface area contributed by atoms with E-state index in [2.05, 4.69) is 30.4 Å². The minimum atomic E-state index is -0.0452. The van der Waals surface area contributed by atoms with Gasteiger partial charge in [0.1, 0.15) is 23.5 Å². The van der Waals surface area contributed by atoms with Crippen LogP contribution >= 0.6 is 0 Å². The highest BCUT2D eigenvalue weighted by atomic mass is 16.5. The molecule has 50 heavy (non-hydrogen) atoms. The molecule has 4 fully saturated rings. The molecule has 4 saturated carbocycles. The van der Waals surface area contributed by atoms with Crippen molar-refractivity contribution in [3.05, 3.63) is 54.0 Å². The Kier molecular flexibility index (Phi) is 10.5. The van der Waals surface area contributed by atoms with Crippen molar-refractivity contribution in [3.63, 3.8) is 0 Å². The van der Waals surface area contributed by atoms with Crippen LogP contribution in [0.25, 0.3) is 11.3 Å². The maximum atomic E-state index is 14.5. The van der Waals surface area contributed by atoms with Crippen LogP contribution in [0.1, 0.15) is 106 Å². The highest BCUT2D eigenvalue weighted by molar-refractivity contribution is 5.94. The van der Waals surface area contributed by atoms with E-state index in [1.165, 1.54) is 0 Å². The van der Waals surface area contributed by atoms with Crippen LogP contribution in [-0.4, -0.2) is 72.0 Å². The summed E-state index contributed by atoms with van der Waals surface area (Å²) in [5.74, 6) is 4.46. The summed E-state index contributed by atoms with van der Waals surface area (Å²) in [6.07, 6.45) is 15.5. The predicted molar refractivity (Wildman–Crippen MR) is 193 cm³/mol. The number of aryl methyl sites for hydroxylation is 1. The fourth-order valence-electron chi connectivity index (χ4n) is 8.32. The fraction of sp³-hybridized carbons (Fsp3) is 0.625. The van der Waals surface area contributed by atoms with Crippen LogP contribution in [0, 0.1) is 30.6 Å². The van der Waals surface area contributed by atoms with Gasteiger partial charge in [0.25, 0.3) is 0 Å². The van der Waals surface area contributed by atoms with Gasteiger partial charge in [0, 0.05) is 60.3 Å². The summed E-state index contributed by atoms with van der Waals surface area (Å²) in [4.78, 5) is 45.8. The molecule has 0 radical (unpaired) electrons. The Morgan fingerprint density at radius 1 is 0.900 bits per heavy atom. The number of amides is 2. The normalized spacial score (nSPS) is 26.7. The lowest BCUT2D eigenvalue weighted by molar-refractivity contribution is -0.130. The predicted octanol–water partition coefficient (Wildman–Crippen LogP) is 6.90. The highest BCUT2D eigenvalue weighted by Gasteiger charge is 2.37. The van der Waals surface area contributed by atoms with Crippen molar-refractivity contribution in [3.8, 4) is 17.0 Å². The molecule has 3 aromatic heterocycles. The van der Waals surface area contributed by atoms with Crippen LogP contribution in [0.15, 0.2) is 41.1 Å². The number of hydrogen-bond acceptors (Lipinski definition) is 8. The second kappa shape index (κ2) is 15.2. The standard InChI is InChI=1S/C40H54N6O4/c1-25-36(49-4)16-15-34(43-25)28-9-7-27(8-10-28)23-46(37-21-31(17-18-41-37)35-24-50-39(44-35)29-13-14-29)40(48)30-11-5-26(6-12-30)22-42-38(47)32-19-33(20-32)45(2)3/h15-18,21,24,26-30,32-33H,5-14,19-20,22-23H2,1-4H3,(H,42,47). The summed E-state index contributed by atoms with van der Waals surface area (Å²) >= 11 is 0. The topological polar surface area (TPSA) is 114 Å². The van der Waals surface area contributed by atoms with Crippen molar-refractivity contribution >= 4 is 17.6 Å². The van der Waals surface area contributed by atoms with E-state index in [4.69, 9.17) is 24.1 Å². The Hall–Kier alpha value is -3.79. The minimum absolute atomic E-state index is 0.0452. The molecule has 1 N–H and O–H groups in total. The zero-order chi connectivity index (χ0) is 34.8. The average molecular weight is 683 g/mol. The Labute approximate surface area is 296 Å². The molecule has 4 aliphatic rings. The first kappa shape index (κ1) is 34.6. The van der Waals surface area contributed by atoms with Crippen LogP contribution < -0.4 is 15.0 Å². The molecule has 268 valence electrons. The smallest absolute Gasteiger partial charge is 0.231 e. The van der Waals surface area contributed by atoms with Gasteiger partial charge in [0.05, 0.1) is 12.8 Å². The van der Waals surface area contributed by atoms with Gasteiger partial charge in [-0.15, -0.1) is 0 Å². The number of ether oxygens (including phenoxy) is 1. The van der Waals surface area contributed by atoms with Crippen LogP contribution in [0.3, 0.4) is 0 Å². The van der Waals surface area contributed by atoms with E-state index in [1.54, 1.807) is 19.6 Å². The summed E-state index contributed by atoms with van der Waals surface area (Å²) < 4.78 is 11.2. The Morgan fingerprint density at radius 3 is 2.30 bits per heavy atom. The molecule has 7 rings (SSSR count). The third-order valence-corrected chi connectivity index (χ3v) is 12.0. The lowest BCUT2D eigenvalue weighted by Gasteiger charge is -2.39. The van der Waals surface area contributed by atoms with Crippen molar-refractivity contribution in [2.75, 3.05) is 39.2 Å². The molecule has 0 atom stereocenters. The lowest BCUT2D eigenvalue weighted by Crippen LogP contribution is -2.48. The van der Waals surface area contributed by atoms with Gasteiger partial charge >= 0.3 is 0 Å². The largest absolute Gasteiger partial charge is 0.495 e. The number of nitrogens with zero attached hydrogens (tertiary/aromatic N) is 5. The first-order valence-electron chi connectivity index (χ1n) is 18.9. The number of carbonyl (C=O) groups excluding carboxylic acids is 2. The first-order chi connectivity index (χ1) is 24.2. The molecule has 0 spiro atoms. The zero-order valence-electron chi connectivity index (χ0n) is 30.3. The van der Waals surface area contributed by atoms with Crippen molar-refractivity contribution in [1.82, 2.24) is 25.2 Å². The number of anilines is 1. The van der Waals surface area contributed by atoms with E-state index in [9.17, 15) is 9.59 Å². The minimum Gasteiger partial charge on any atom is -0.495 e. The molecule has 0 aliphatic heterocycles. The molecule has 4 aliphatic carbocycles. The van der Waals surface area contributed by atoms with E-state index in [0.717, 1.165) is 111 Å². The van der Waals surface area contributed by atoms with Crippen LogP contribution in [0.4, 0.5) is 5.82 Å². The van der Waals surface area contributed by atoms with Crippen molar-refractivity contribution in [2.45, 2.75) is 102 Å². The van der Waals surface area contributed by atoms with Gasteiger partial charge in [-0.1, -0.05) is 0 Å². The molecule has 3 aromatic rings. The molecule has 0 unspecified atom stereocenters. The molecule has 2 amide bonds. The zero-order valence-corrected chi connectivity index (χ0v) is 30.3. The number of methoxy groups -OCH3 is 1. The quantitative estimate of drug-likeness (QED) is 0.220. The monoisotopic (exact) mass is 682 g/mol.